The maximum absolute atomic E-state index is 3.32. The van der Waals surface area contributed by atoms with E-state index in [9.17, 15) is 0 Å². The van der Waals surface area contributed by atoms with Crippen molar-refractivity contribution in [2.24, 2.45) is 10.8 Å². The molecule has 0 radical (unpaired) electrons. The normalized spacial score (nSPS) is 28.6. The summed E-state index contributed by atoms with van der Waals surface area (Å²) in [4.78, 5) is 2.46. The molecule has 2 atom stereocenters. The van der Waals surface area contributed by atoms with E-state index in [1.807, 2.05) is 0 Å². The zero-order valence-corrected chi connectivity index (χ0v) is 14.5. The molecule has 4 aliphatic rings. The van der Waals surface area contributed by atoms with Gasteiger partial charge in [-0.2, -0.15) is 0 Å². The predicted molar refractivity (Wildman–Crippen MR) is 89.9 cm³/mol. The van der Waals surface area contributed by atoms with Gasteiger partial charge in [-0.3, -0.25) is 4.90 Å². The molecular weight excluding hydrogens is 274 g/mol. The largest absolute Gasteiger partial charge is 0.315 e. The number of rotatable bonds is 1. The van der Waals surface area contributed by atoms with Gasteiger partial charge in [-0.15, -0.1) is 18.5 Å². The summed E-state index contributed by atoms with van der Waals surface area (Å²) >= 11 is 0. The molecule has 2 unspecified atom stereocenters. The lowest BCUT2D eigenvalue weighted by Gasteiger charge is -2.56. The van der Waals surface area contributed by atoms with Gasteiger partial charge in [0, 0.05) is 69.5 Å². The summed E-state index contributed by atoms with van der Waals surface area (Å²) in [5.41, 5.74) is 1.44. The summed E-state index contributed by atoms with van der Waals surface area (Å²) in [5.74, 6) is 0. The second kappa shape index (κ2) is 7.11. The average molecular weight is 304 g/mol. The minimum Gasteiger partial charge on any atom is -0.315 e. The maximum atomic E-state index is 3.32. The van der Waals surface area contributed by atoms with Crippen molar-refractivity contribution in [2.75, 3.05) is 64.8 Å². The summed E-state index contributed by atoms with van der Waals surface area (Å²) in [6.07, 6.45) is 2.32. The molecule has 0 aromatic rings. The third-order valence-corrected chi connectivity index (χ3v) is 4.89. The minimum atomic E-state index is 0.719. The quantitative estimate of drug-likeness (QED) is 0.586. The average Bonchev–Trinajstić information content (AvgIpc) is 2.11. The summed E-state index contributed by atoms with van der Waals surface area (Å²) < 4.78 is 0. The van der Waals surface area contributed by atoms with Crippen LogP contribution in [0.25, 0.3) is 0 Å². The number of likely N-dealkylation sites (tertiary alicyclic amines) is 1. The van der Waals surface area contributed by atoms with Gasteiger partial charge in [0.15, 0.2) is 0 Å². The Morgan fingerprint density at radius 2 is 1.21 bits per heavy atom. The van der Waals surface area contributed by atoms with Crippen molar-refractivity contribution in [1.82, 2.24) is 20.9 Å². The highest BCUT2D eigenvalue weighted by atomic mass is 31.0. The highest BCUT2D eigenvalue weighted by Crippen LogP contribution is 2.33. The monoisotopic (exact) mass is 304 g/mol. The Bertz CT molecular complexity index is 252. The van der Waals surface area contributed by atoms with Crippen LogP contribution in [0.2, 0.25) is 0 Å². The summed E-state index contributed by atoms with van der Waals surface area (Å²) in [6.45, 7) is 12.2. The first kappa shape index (κ1) is 16.1. The van der Waals surface area contributed by atoms with Crippen LogP contribution in [0, 0.1) is 10.8 Å². The summed E-state index contributed by atoms with van der Waals surface area (Å²) in [7, 11) is 5.35. The third-order valence-electron chi connectivity index (χ3n) is 4.38. The van der Waals surface area contributed by atoms with E-state index < -0.39 is 0 Å². The van der Waals surface area contributed by atoms with Crippen molar-refractivity contribution in [3.8, 4) is 0 Å². The molecule has 0 amide bonds. The molecule has 4 heterocycles. The molecule has 3 N–H and O–H groups in total. The lowest BCUT2D eigenvalue weighted by molar-refractivity contribution is -0.0263. The highest BCUT2D eigenvalue weighted by molar-refractivity contribution is 7.16. The maximum Gasteiger partial charge on any atom is 0.0207 e. The van der Waals surface area contributed by atoms with Crippen molar-refractivity contribution >= 4 is 18.5 Å². The van der Waals surface area contributed by atoms with Crippen LogP contribution in [-0.4, -0.2) is 69.7 Å². The zero-order valence-electron chi connectivity index (χ0n) is 12.2. The first-order chi connectivity index (χ1) is 9.17. The van der Waals surface area contributed by atoms with E-state index >= 15 is 0 Å². The Kier molecular flexibility index (Phi) is 6.02. The fourth-order valence-corrected chi connectivity index (χ4v) is 3.20. The molecular formula is C13H30N4P2. The van der Waals surface area contributed by atoms with Crippen LogP contribution >= 0.6 is 18.5 Å². The van der Waals surface area contributed by atoms with E-state index in [2.05, 4.69) is 46.3 Å². The van der Waals surface area contributed by atoms with Crippen LogP contribution in [-0.2, 0) is 0 Å². The predicted octanol–water partition coefficient (Wildman–Crippen LogP) is -0.215. The van der Waals surface area contributed by atoms with Crippen LogP contribution in [0.15, 0.2) is 0 Å². The molecule has 112 valence electrons. The van der Waals surface area contributed by atoms with Gasteiger partial charge < -0.3 is 16.0 Å². The Hall–Kier alpha value is 0.700. The lowest BCUT2D eigenvalue weighted by Crippen LogP contribution is -2.70. The fraction of sp³-hybridized carbons (Fsp3) is 1.00. The Morgan fingerprint density at radius 3 is 1.37 bits per heavy atom. The number of nitrogens with zero attached hydrogens (tertiary/aromatic N) is 1. The molecule has 0 aromatic heterocycles. The van der Waals surface area contributed by atoms with Crippen LogP contribution in [0.5, 0.6) is 0 Å². The first-order valence-electron chi connectivity index (χ1n) is 7.42. The molecule has 4 nitrogen and oxygen atoms in total. The summed E-state index contributed by atoms with van der Waals surface area (Å²) in [5, 5.41) is 9.84. The van der Waals surface area contributed by atoms with Gasteiger partial charge in [0.2, 0.25) is 0 Å². The smallest absolute Gasteiger partial charge is 0.0207 e. The molecule has 6 heteroatoms. The molecule has 0 aliphatic carbocycles. The SMILES string of the molecule is C1NCC12CNC2.CCP.PCN1CC2(CNC2)C1. The fourth-order valence-electron chi connectivity index (χ4n) is 2.94. The molecule has 4 rings (SSSR count). The Balaban J connectivity index is 0.000000119. The second-order valence-electron chi connectivity index (χ2n) is 6.39. The molecule has 19 heavy (non-hydrogen) atoms. The van der Waals surface area contributed by atoms with Gasteiger partial charge in [0.25, 0.3) is 0 Å². The minimum absolute atomic E-state index is 0.719. The van der Waals surface area contributed by atoms with Gasteiger partial charge >= 0.3 is 0 Å². The number of nitrogens with one attached hydrogen (secondary N) is 3. The van der Waals surface area contributed by atoms with E-state index in [0.29, 0.717) is 0 Å². The van der Waals surface area contributed by atoms with Crippen molar-refractivity contribution in [2.45, 2.75) is 6.92 Å². The van der Waals surface area contributed by atoms with Crippen molar-refractivity contribution in [1.29, 1.82) is 0 Å². The Morgan fingerprint density at radius 1 is 0.842 bits per heavy atom. The van der Waals surface area contributed by atoms with Crippen LogP contribution in [0.3, 0.4) is 0 Å². The van der Waals surface area contributed by atoms with Crippen molar-refractivity contribution in [3.05, 3.63) is 0 Å². The van der Waals surface area contributed by atoms with Gasteiger partial charge in [0.05, 0.1) is 0 Å². The number of hydrogen-bond acceptors (Lipinski definition) is 4. The van der Waals surface area contributed by atoms with E-state index in [4.69, 9.17) is 0 Å². The van der Waals surface area contributed by atoms with Gasteiger partial charge in [0.1, 0.15) is 0 Å². The number of hydrogen-bond donors (Lipinski definition) is 3. The lowest BCUT2D eigenvalue weighted by atomic mass is 9.75. The van der Waals surface area contributed by atoms with Crippen molar-refractivity contribution < 1.29 is 0 Å². The van der Waals surface area contributed by atoms with Crippen LogP contribution < -0.4 is 16.0 Å². The van der Waals surface area contributed by atoms with Crippen LogP contribution in [0.4, 0.5) is 0 Å². The van der Waals surface area contributed by atoms with Crippen LogP contribution in [0.1, 0.15) is 6.92 Å². The van der Waals surface area contributed by atoms with E-state index in [1.54, 1.807) is 0 Å². The molecule has 0 aromatic carbocycles. The van der Waals surface area contributed by atoms with Crippen molar-refractivity contribution in [3.63, 3.8) is 0 Å². The molecule has 2 spiro atoms. The molecule has 4 saturated heterocycles. The first-order valence-corrected chi connectivity index (χ1v) is 9.06. The molecule has 4 aliphatic heterocycles. The van der Waals surface area contributed by atoms with Gasteiger partial charge in [-0.05, 0) is 6.16 Å². The Labute approximate surface area is 122 Å². The van der Waals surface area contributed by atoms with E-state index in [1.165, 1.54) is 58.5 Å². The van der Waals surface area contributed by atoms with Gasteiger partial charge in [-0.25, -0.2) is 0 Å². The molecule has 4 fully saturated rings. The van der Waals surface area contributed by atoms with Gasteiger partial charge in [-0.1, -0.05) is 6.92 Å². The van der Waals surface area contributed by atoms with E-state index in [0.717, 1.165) is 17.1 Å². The zero-order chi connectivity index (χ0) is 13.8. The third kappa shape index (κ3) is 3.87. The summed E-state index contributed by atoms with van der Waals surface area (Å²) in [6, 6.07) is 0. The topological polar surface area (TPSA) is 39.3 Å². The molecule has 0 saturated carbocycles. The highest BCUT2D eigenvalue weighted by Gasteiger charge is 2.46. The van der Waals surface area contributed by atoms with E-state index in [-0.39, 0.29) is 0 Å². The standard InChI is InChI=1S/C6H13N2P.C5H10N2.C2H7P/c9-5-8-3-6(4-8)1-7-2-6;1-5(2-6-1)3-7-4-5;1-2-3/h7H,1-5,9H2;6-7H,1-4H2;2-3H2,1H3. The second-order valence-corrected chi connectivity index (χ2v) is 7.57. The molecule has 0 bridgehead atoms.